The Morgan fingerprint density at radius 1 is 1.53 bits per heavy atom. The Morgan fingerprint density at radius 3 is 3.07 bits per heavy atom. The Morgan fingerprint density at radius 2 is 2.40 bits per heavy atom. The Labute approximate surface area is 86.3 Å². The van der Waals surface area contributed by atoms with Gasteiger partial charge in [-0.1, -0.05) is 0 Å². The molecule has 1 fully saturated rings. The van der Waals surface area contributed by atoms with Crippen LogP contribution in [0.4, 0.5) is 0 Å². The SMILES string of the molecule is O=C(O)c1nncc(C2CCCCO2)n1. The molecule has 1 aromatic rings. The fourth-order valence-corrected chi connectivity index (χ4v) is 1.54. The number of ether oxygens (including phenoxy) is 1. The molecule has 15 heavy (non-hydrogen) atoms. The van der Waals surface area contributed by atoms with Crippen LogP contribution in [-0.4, -0.2) is 32.9 Å². The van der Waals surface area contributed by atoms with E-state index in [2.05, 4.69) is 15.2 Å². The first-order chi connectivity index (χ1) is 7.27. The van der Waals surface area contributed by atoms with E-state index in [1.807, 2.05) is 0 Å². The Bertz CT molecular complexity index is 363. The lowest BCUT2D eigenvalue weighted by Gasteiger charge is -2.21. The maximum atomic E-state index is 10.6. The first-order valence-corrected chi connectivity index (χ1v) is 4.82. The van der Waals surface area contributed by atoms with Gasteiger partial charge in [0.05, 0.1) is 11.9 Å². The van der Waals surface area contributed by atoms with Gasteiger partial charge < -0.3 is 9.84 Å². The molecule has 1 atom stereocenters. The van der Waals surface area contributed by atoms with Gasteiger partial charge in [0.15, 0.2) is 0 Å². The van der Waals surface area contributed by atoms with Gasteiger partial charge in [-0.2, -0.15) is 5.10 Å². The summed E-state index contributed by atoms with van der Waals surface area (Å²) in [4.78, 5) is 14.5. The molecule has 1 aliphatic heterocycles. The van der Waals surface area contributed by atoms with E-state index in [0.29, 0.717) is 12.3 Å². The van der Waals surface area contributed by atoms with Gasteiger partial charge in [0.25, 0.3) is 5.82 Å². The number of hydrogen-bond acceptors (Lipinski definition) is 5. The Hall–Kier alpha value is -1.56. The van der Waals surface area contributed by atoms with E-state index in [0.717, 1.165) is 19.3 Å². The van der Waals surface area contributed by atoms with Crippen molar-refractivity contribution in [3.63, 3.8) is 0 Å². The minimum Gasteiger partial charge on any atom is -0.475 e. The Kier molecular flexibility index (Phi) is 2.86. The standard InChI is InChI=1S/C9H11N3O3/c13-9(14)8-11-6(5-10-12-8)7-3-1-2-4-15-7/h5,7H,1-4H2,(H,13,14). The largest absolute Gasteiger partial charge is 0.475 e. The van der Waals surface area contributed by atoms with Crippen molar-refractivity contribution in [3.8, 4) is 0 Å². The van der Waals surface area contributed by atoms with E-state index in [1.165, 1.54) is 6.20 Å². The maximum absolute atomic E-state index is 10.6. The first-order valence-electron chi connectivity index (χ1n) is 4.82. The number of aromatic carboxylic acids is 1. The summed E-state index contributed by atoms with van der Waals surface area (Å²) < 4.78 is 5.48. The smallest absolute Gasteiger partial charge is 0.375 e. The molecule has 0 spiro atoms. The average molecular weight is 209 g/mol. The fourth-order valence-electron chi connectivity index (χ4n) is 1.54. The van der Waals surface area contributed by atoms with Crippen LogP contribution in [0.15, 0.2) is 6.20 Å². The third-order valence-corrected chi connectivity index (χ3v) is 2.28. The average Bonchev–Trinajstić information content (AvgIpc) is 2.30. The summed E-state index contributed by atoms with van der Waals surface area (Å²) in [6.07, 6.45) is 4.30. The predicted molar refractivity (Wildman–Crippen MR) is 49.3 cm³/mol. The van der Waals surface area contributed by atoms with Crippen molar-refractivity contribution in [2.24, 2.45) is 0 Å². The number of carboxylic acids is 1. The number of carboxylic acid groups (broad SMARTS) is 1. The molecule has 2 rings (SSSR count). The number of rotatable bonds is 2. The third-order valence-electron chi connectivity index (χ3n) is 2.28. The molecule has 1 aliphatic rings. The topological polar surface area (TPSA) is 85.2 Å². The van der Waals surface area contributed by atoms with E-state index in [1.54, 1.807) is 0 Å². The lowest BCUT2D eigenvalue weighted by molar-refractivity contribution is 0.0117. The highest BCUT2D eigenvalue weighted by Crippen LogP contribution is 2.25. The van der Waals surface area contributed by atoms with Crippen molar-refractivity contribution in [2.45, 2.75) is 25.4 Å². The predicted octanol–water partition coefficient (Wildman–Crippen LogP) is 0.811. The summed E-state index contributed by atoms with van der Waals surface area (Å²) in [5.74, 6) is -1.44. The van der Waals surface area contributed by atoms with Crippen LogP contribution < -0.4 is 0 Å². The van der Waals surface area contributed by atoms with Crippen molar-refractivity contribution in [1.29, 1.82) is 0 Å². The third kappa shape index (κ3) is 2.27. The van der Waals surface area contributed by atoms with Crippen LogP contribution in [0.3, 0.4) is 0 Å². The second kappa shape index (κ2) is 4.31. The summed E-state index contributed by atoms with van der Waals surface area (Å²) in [6.45, 7) is 0.692. The molecule has 0 radical (unpaired) electrons. The monoisotopic (exact) mass is 209 g/mol. The molecule has 0 saturated carbocycles. The Balaban J connectivity index is 2.19. The highest BCUT2D eigenvalue weighted by atomic mass is 16.5. The van der Waals surface area contributed by atoms with Crippen molar-refractivity contribution < 1.29 is 14.6 Å². The van der Waals surface area contributed by atoms with Crippen LogP contribution in [0.5, 0.6) is 0 Å². The summed E-state index contributed by atoms with van der Waals surface area (Å²) in [5.41, 5.74) is 0.558. The molecule has 0 aliphatic carbocycles. The zero-order chi connectivity index (χ0) is 10.7. The van der Waals surface area contributed by atoms with Gasteiger partial charge in [-0.3, -0.25) is 0 Å². The molecule has 1 aromatic heterocycles. The van der Waals surface area contributed by atoms with E-state index >= 15 is 0 Å². The minimum atomic E-state index is -1.17. The van der Waals surface area contributed by atoms with Gasteiger partial charge >= 0.3 is 5.97 Å². The minimum absolute atomic E-state index is 0.132. The van der Waals surface area contributed by atoms with Gasteiger partial charge in [0.2, 0.25) is 0 Å². The van der Waals surface area contributed by atoms with Gasteiger partial charge in [0, 0.05) is 6.61 Å². The molecule has 80 valence electrons. The summed E-state index contributed by atoms with van der Waals surface area (Å²) in [6, 6.07) is 0. The van der Waals surface area contributed by atoms with Crippen LogP contribution >= 0.6 is 0 Å². The number of aromatic nitrogens is 3. The number of nitrogens with zero attached hydrogens (tertiary/aromatic N) is 3. The molecule has 6 nitrogen and oxygen atoms in total. The van der Waals surface area contributed by atoms with Crippen molar-refractivity contribution in [2.75, 3.05) is 6.61 Å². The number of hydrogen-bond donors (Lipinski definition) is 1. The second-order valence-electron chi connectivity index (χ2n) is 3.37. The van der Waals surface area contributed by atoms with E-state index in [-0.39, 0.29) is 11.9 Å². The molecule has 6 heteroatoms. The van der Waals surface area contributed by atoms with E-state index in [9.17, 15) is 4.79 Å². The van der Waals surface area contributed by atoms with Crippen LogP contribution in [0.1, 0.15) is 41.7 Å². The molecule has 1 unspecified atom stereocenters. The fraction of sp³-hybridized carbons (Fsp3) is 0.556. The first kappa shape index (κ1) is 9.97. The van der Waals surface area contributed by atoms with Gasteiger partial charge in [0.1, 0.15) is 6.10 Å². The molecular formula is C9H11N3O3. The molecule has 1 saturated heterocycles. The summed E-state index contributed by atoms with van der Waals surface area (Å²) >= 11 is 0. The highest BCUT2D eigenvalue weighted by molar-refractivity contribution is 5.82. The molecule has 0 bridgehead atoms. The van der Waals surface area contributed by atoms with E-state index in [4.69, 9.17) is 9.84 Å². The van der Waals surface area contributed by atoms with Crippen LogP contribution in [0, 0.1) is 0 Å². The van der Waals surface area contributed by atoms with E-state index < -0.39 is 5.97 Å². The van der Waals surface area contributed by atoms with Crippen LogP contribution in [0.2, 0.25) is 0 Å². The molecule has 0 amide bonds. The lowest BCUT2D eigenvalue weighted by atomic mass is 10.1. The van der Waals surface area contributed by atoms with Gasteiger partial charge in [-0.05, 0) is 19.3 Å². The number of carbonyl (C=O) groups is 1. The van der Waals surface area contributed by atoms with Gasteiger partial charge in [-0.25, -0.2) is 9.78 Å². The molecule has 0 aromatic carbocycles. The van der Waals surface area contributed by atoms with Crippen molar-refractivity contribution >= 4 is 5.97 Å². The van der Waals surface area contributed by atoms with Crippen molar-refractivity contribution in [1.82, 2.24) is 15.2 Å². The quantitative estimate of drug-likeness (QED) is 0.775. The van der Waals surface area contributed by atoms with Crippen molar-refractivity contribution in [3.05, 3.63) is 17.7 Å². The summed E-state index contributed by atoms with van der Waals surface area (Å²) in [7, 11) is 0. The van der Waals surface area contributed by atoms with Gasteiger partial charge in [-0.15, -0.1) is 5.10 Å². The zero-order valence-electron chi connectivity index (χ0n) is 8.09. The molecular weight excluding hydrogens is 198 g/mol. The molecule has 1 N–H and O–H groups in total. The zero-order valence-corrected chi connectivity index (χ0v) is 8.09. The van der Waals surface area contributed by atoms with Crippen LogP contribution in [-0.2, 0) is 4.74 Å². The normalized spacial score (nSPS) is 21.2. The van der Waals surface area contributed by atoms with Crippen LogP contribution in [0.25, 0.3) is 0 Å². The molecule has 2 heterocycles. The maximum Gasteiger partial charge on any atom is 0.375 e. The second-order valence-corrected chi connectivity index (χ2v) is 3.37. The summed E-state index contributed by atoms with van der Waals surface area (Å²) in [5, 5.41) is 15.7. The highest BCUT2D eigenvalue weighted by Gasteiger charge is 2.19. The lowest BCUT2D eigenvalue weighted by Crippen LogP contribution is -2.16.